The van der Waals surface area contributed by atoms with E-state index in [0.29, 0.717) is 24.0 Å². The fraction of sp³-hybridized carbons (Fsp3) is 0.400. The molecule has 9 nitrogen and oxygen atoms in total. The van der Waals surface area contributed by atoms with Gasteiger partial charge in [0.05, 0.1) is 29.7 Å². The van der Waals surface area contributed by atoms with Crippen molar-refractivity contribution in [2.24, 2.45) is 0 Å². The van der Waals surface area contributed by atoms with Crippen LogP contribution in [0.5, 0.6) is 0 Å². The van der Waals surface area contributed by atoms with Crippen molar-refractivity contribution in [3.8, 4) is 17.3 Å². The summed E-state index contributed by atoms with van der Waals surface area (Å²) in [5.74, 6) is 0.230. The van der Waals surface area contributed by atoms with Crippen molar-refractivity contribution < 1.29 is 4.79 Å². The second-order valence-electron chi connectivity index (χ2n) is 8.73. The molecular weight excluding hydrogens is 428 g/mol. The minimum absolute atomic E-state index is 0.261. The maximum Gasteiger partial charge on any atom is 0.252 e. The van der Waals surface area contributed by atoms with E-state index in [0.717, 1.165) is 48.4 Å². The Morgan fingerprint density at radius 1 is 1.24 bits per heavy atom. The van der Waals surface area contributed by atoms with Crippen LogP contribution in [0.25, 0.3) is 11.3 Å². The standard InChI is InChI=1S/C25H30N8O/c1-4-20(13-26)29-24(34)19-7-5-18(6-8-19)23-17(2)14-27-25(31-23)30-21-15-28-33(16-21)22-9-11-32(3)12-10-22/h5-8,14-16,20,22H,4,9-12H2,1-3H3,(H,29,34)(H,27,30,31)/t20-/m0/s1. The summed E-state index contributed by atoms with van der Waals surface area (Å²) in [5.41, 5.74) is 3.96. The lowest BCUT2D eigenvalue weighted by Crippen LogP contribution is -2.33. The number of carbonyl (C=O) groups is 1. The van der Waals surface area contributed by atoms with E-state index in [-0.39, 0.29) is 5.91 Å². The van der Waals surface area contributed by atoms with Crippen LogP contribution in [0.3, 0.4) is 0 Å². The number of aromatic nitrogens is 4. The molecule has 1 aliphatic heterocycles. The number of nitrogens with one attached hydrogen (secondary N) is 2. The maximum absolute atomic E-state index is 12.4. The van der Waals surface area contributed by atoms with E-state index < -0.39 is 6.04 Å². The summed E-state index contributed by atoms with van der Waals surface area (Å²) in [6.45, 7) is 5.97. The highest BCUT2D eigenvalue weighted by Gasteiger charge is 2.19. The first-order valence-corrected chi connectivity index (χ1v) is 11.6. The van der Waals surface area contributed by atoms with Gasteiger partial charge in [0, 0.05) is 23.5 Å². The molecule has 1 fully saturated rings. The first kappa shape index (κ1) is 23.4. The molecule has 2 aromatic heterocycles. The maximum atomic E-state index is 12.4. The molecule has 1 aliphatic rings. The summed E-state index contributed by atoms with van der Waals surface area (Å²) in [6, 6.07) is 9.22. The quantitative estimate of drug-likeness (QED) is 0.555. The summed E-state index contributed by atoms with van der Waals surface area (Å²) in [7, 11) is 2.15. The number of aryl methyl sites for hydroxylation is 1. The molecule has 0 unspecified atom stereocenters. The molecule has 2 N–H and O–H groups in total. The highest BCUT2D eigenvalue weighted by atomic mass is 16.1. The van der Waals surface area contributed by atoms with Gasteiger partial charge in [-0.3, -0.25) is 9.48 Å². The highest BCUT2D eigenvalue weighted by Crippen LogP contribution is 2.25. The lowest BCUT2D eigenvalue weighted by molar-refractivity contribution is 0.0944. The van der Waals surface area contributed by atoms with Crippen LogP contribution in [0.4, 0.5) is 11.6 Å². The Morgan fingerprint density at radius 2 is 1.97 bits per heavy atom. The molecule has 34 heavy (non-hydrogen) atoms. The molecule has 1 atom stereocenters. The predicted octanol–water partition coefficient (Wildman–Crippen LogP) is 3.69. The number of hydrogen-bond acceptors (Lipinski definition) is 7. The molecule has 3 aromatic rings. The van der Waals surface area contributed by atoms with Crippen molar-refractivity contribution in [2.75, 3.05) is 25.5 Å². The van der Waals surface area contributed by atoms with E-state index in [1.54, 1.807) is 24.5 Å². The SMILES string of the molecule is CC[C@@H](C#N)NC(=O)c1ccc(-c2nc(Nc3cnn(C4CCN(C)CC4)c3)ncc2C)cc1. The zero-order valence-electron chi connectivity index (χ0n) is 19.8. The number of likely N-dealkylation sites (tertiary alicyclic amines) is 1. The number of nitrogens with zero attached hydrogens (tertiary/aromatic N) is 6. The largest absolute Gasteiger partial charge is 0.336 e. The molecule has 0 spiro atoms. The summed E-state index contributed by atoms with van der Waals surface area (Å²) < 4.78 is 2.03. The van der Waals surface area contributed by atoms with E-state index in [1.807, 2.05) is 36.9 Å². The summed E-state index contributed by atoms with van der Waals surface area (Å²) in [4.78, 5) is 23.8. The summed E-state index contributed by atoms with van der Waals surface area (Å²) in [6.07, 6.45) is 8.34. The lowest BCUT2D eigenvalue weighted by Gasteiger charge is -2.28. The molecule has 3 heterocycles. The van der Waals surface area contributed by atoms with E-state index in [2.05, 4.69) is 38.7 Å². The van der Waals surface area contributed by atoms with Gasteiger partial charge in [0.2, 0.25) is 5.95 Å². The van der Waals surface area contributed by atoms with Crippen molar-refractivity contribution in [3.05, 3.63) is 54.0 Å². The van der Waals surface area contributed by atoms with Gasteiger partial charge in [-0.2, -0.15) is 10.4 Å². The first-order valence-electron chi connectivity index (χ1n) is 11.6. The smallest absolute Gasteiger partial charge is 0.252 e. The Morgan fingerprint density at radius 3 is 2.65 bits per heavy atom. The van der Waals surface area contributed by atoms with Crippen LogP contribution in [0.2, 0.25) is 0 Å². The molecule has 4 rings (SSSR count). The van der Waals surface area contributed by atoms with Gasteiger partial charge in [0.1, 0.15) is 6.04 Å². The molecule has 176 valence electrons. The zero-order chi connectivity index (χ0) is 24.1. The van der Waals surface area contributed by atoms with Crippen LogP contribution in [0.1, 0.15) is 48.1 Å². The molecule has 0 aliphatic carbocycles. The van der Waals surface area contributed by atoms with Crippen molar-refractivity contribution in [3.63, 3.8) is 0 Å². The zero-order valence-corrected chi connectivity index (χ0v) is 19.8. The number of hydrogen-bond donors (Lipinski definition) is 2. The number of benzene rings is 1. The Labute approximate surface area is 199 Å². The fourth-order valence-corrected chi connectivity index (χ4v) is 4.03. The van der Waals surface area contributed by atoms with Gasteiger partial charge in [-0.05, 0) is 64.0 Å². The molecule has 0 bridgehead atoms. The molecule has 0 radical (unpaired) electrons. The highest BCUT2D eigenvalue weighted by molar-refractivity contribution is 5.95. The van der Waals surface area contributed by atoms with Gasteiger partial charge in [0.15, 0.2) is 0 Å². The normalized spacial score (nSPS) is 15.5. The van der Waals surface area contributed by atoms with E-state index in [9.17, 15) is 4.79 Å². The van der Waals surface area contributed by atoms with Crippen LogP contribution in [-0.2, 0) is 0 Å². The van der Waals surface area contributed by atoms with Gasteiger partial charge < -0.3 is 15.5 Å². The van der Waals surface area contributed by atoms with Crippen LogP contribution < -0.4 is 10.6 Å². The van der Waals surface area contributed by atoms with E-state index in [1.165, 1.54) is 0 Å². The number of rotatable bonds is 7. The average Bonchev–Trinajstić information content (AvgIpc) is 3.32. The van der Waals surface area contributed by atoms with Gasteiger partial charge >= 0.3 is 0 Å². The molecule has 0 saturated carbocycles. The molecule has 1 aromatic carbocycles. The average molecular weight is 459 g/mol. The molecule has 1 amide bonds. The third-order valence-electron chi connectivity index (χ3n) is 6.18. The lowest BCUT2D eigenvalue weighted by atomic mass is 10.1. The van der Waals surface area contributed by atoms with Gasteiger partial charge in [-0.1, -0.05) is 19.1 Å². The summed E-state index contributed by atoms with van der Waals surface area (Å²) >= 11 is 0. The Hall–Kier alpha value is -3.77. The van der Waals surface area contributed by atoms with Crippen molar-refractivity contribution in [1.29, 1.82) is 5.26 Å². The number of piperidine rings is 1. The molecular formula is C25H30N8O. The predicted molar refractivity (Wildman–Crippen MR) is 131 cm³/mol. The van der Waals surface area contributed by atoms with Crippen LogP contribution >= 0.6 is 0 Å². The van der Waals surface area contributed by atoms with Crippen LogP contribution in [0, 0.1) is 18.3 Å². The number of carbonyl (C=O) groups excluding carboxylic acids is 1. The van der Waals surface area contributed by atoms with E-state index >= 15 is 0 Å². The Bertz CT molecular complexity index is 1170. The Kier molecular flexibility index (Phi) is 7.18. The number of anilines is 2. The third-order valence-corrected chi connectivity index (χ3v) is 6.18. The minimum atomic E-state index is -0.492. The van der Waals surface area contributed by atoms with Gasteiger partial charge in [-0.25, -0.2) is 9.97 Å². The Balaban J connectivity index is 1.46. The second kappa shape index (κ2) is 10.4. The van der Waals surface area contributed by atoms with Crippen molar-refractivity contribution >= 4 is 17.5 Å². The number of nitriles is 1. The van der Waals surface area contributed by atoms with Gasteiger partial charge in [-0.15, -0.1) is 0 Å². The number of amides is 1. The summed E-state index contributed by atoms with van der Waals surface area (Å²) in [5, 5.41) is 19.6. The monoisotopic (exact) mass is 458 g/mol. The van der Waals surface area contributed by atoms with Crippen molar-refractivity contribution in [2.45, 2.75) is 45.2 Å². The van der Waals surface area contributed by atoms with Gasteiger partial charge in [0.25, 0.3) is 5.91 Å². The fourth-order valence-electron chi connectivity index (χ4n) is 4.03. The van der Waals surface area contributed by atoms with Crippen LogP contribution in [-0.4, -0.2) is 56.7 Å². The topological polar surface area (TPSA) is 112 Å². The van der Waals surface area contributed by atoms with E-state index in [4.69, 9.17) is 10.2 Å². The molecule has 9 heteroatoms. The van der Waals surface area contributed by atoms with Crippen LogP contribution in [0.15, 0.2) is 42.9 Å². The third kappa shape index (κ3) is 5.41. The minimum Gasteiger partial charge on any atom is -0.336 e. The van der Waals surface area contributed by atoms with Crippen molar-refractivity contribution in [1.82, 2.24) is 30.0 Å². The first-order chi connectivity index (χ1) is 16.5. The molecule has 1 saturated heterocycles. The second-order valence-corrected chi connectivity index (χ2v) is 8.73.